The Balaban J connectivity index is 2.10. The molecule has 2 rings (SSSR count). The predicted molar refractivity (Wildman–Crippen MR) is 72.0 cm³/mol. The van der Waals surface area contributed by atoms with Gasteiger partial charge in [0.1, 0.15) is 5.82 Å². The van der Waals surface area contributed by atoms with Gasteiger partial charge in [-0.05, 0) is 38.3 Å². The summed E-state index contributed by atoms with van der Waals surface area (Å²) in [5.74, 6) is 1.09. The van der Waals surface area contributed by atoms with E-state index in [1.807, 2.05) is 6.07 Å². The molecule has 0 spiro atoms. The Hall–Kier alpha value is -1.35. The van der Waals surface area contributed by atoms with E-state index in [1.54, 1.807) is 0 Å². The third-order valence-electron chi connectivity index (χ3n) is 3.33. The third kappa shape index (κ3) is 2.67. The maximum Gasteiger partial charge on any atom is 0.106 e. The number of aryl methyl sites for hydroxylation is 2. The van der Waals surface area contributed by atoms with E-state index in [-0.39, 0.29) is 0 Å². The second-order valence-electron chi connectivity index (χ2n) is 4.61. The van der Waals surface area contributed by atoms with Crippen molar-refractivity contribution >= 4 is 11.0 Å². The first kappa shape index (κ1) is 12.1. The highest BCUT2D eigenvalue weighted by atomic mass is 15.1. The quantitative estimate of drug-likeness (QED) is 0.860. The predicted octanol–water partition coefficient (Wildman–Crippen LogP) is 2.86. The van der Waals surface area contributed by atoms with E-state index in [0.717, 1.165) is 37.1 Å². The van der Waals surface area contributed by atoms with Crippen LogP contribution in [-0.2, 0) is 6.54 Å². The van der Waals surface area contributed by atoms with Crippen LogP contribution in [0, 0.1) is 6.92 Å². The topological polar surface area (TPSA) is 43.8 Å². The highest BCUT2D eigenvalue weighted by Gasteiger charge is 2.06. The van der Waals surface area contributed by atoms with Gasteiger partial charge in [-0.15, -0.1) is 0 Å². The van der Waals surface area contributed by atoms with Crippen molar-refractivity contribution in [1.29, 1.82) is 0 Å². The van der Waals surface area contributed by atoms with Crippen molar-refractivity contribution in [2.45, 2.75) is 45.7 Å². The summed E-state index contributed by atoms with van der Waals surface area (Å²) in [6.45, 7) is 5.22. The number of fused-ring (bicyclic) bond motifs is 1. The first-order valence-corrected chi connectivity index (χ1v) is 6.39. The number of para-hydroxylation sites is 2. The largest absolute Gasteiger partial charge is 0.328 e. The Morgan fingerprint density at radius 3 is 2.88 bits per heavy atom. The van der Waals surface area contributed by atoms with Crippen molar-refractivity contribution in [3.8, 4) is 0 Å². The molecule has 2 N–H and O–H groups in total. The molecule has 17 heavy (non-hydrogen) atoms. The lowest BCUT2D eigenvalue weighted by Gasteiger charge is -2.10. The van der Waals surface area contributed by atoms with Crippen molar-refractivity contribution in [3.63, 3.8) is 0 Å². The molecule has 0 aliphatic rings. The molecule has 0 fully saturated rings. The lowest BCUT2D eigenvalue weighted by molar-refractivity contribution is 0.525. The van der Waals surface area contributed by atoms with Gasteiger partial charge in [0.2, 0.25) is 0 Å². The zero-order valence-corrected chi connectivity index (χ0v) is 10.7. The van der Waals surface area contributed by atoms with Crippen LogP contribution in [0.15, 0.2) is 24.3 Å². The van der Waals surface area contributed by atoms with Gasteiger partial charge in [0.25, 0.3) is 0 Å². The SMILES string of the molecule is CCC(N)CCCn1c(C)nc2ccccc21. The van der Waals surface area contributed by atoms with Gasteiger partial charge in [-0.3, -0.25) is 0 Å². The van der Waals surface area contributed by atoms with Gasteiger partial charge in [-0.25, -0.2) is 4.98 Å². The molecule has 1 unspecified atom stereocenters. The van der Waals surface area contributed by atoms with E-state index in [0.29, 0.717) is 6.04 Å². The van der Waals surface area contributed by atoms with E-state index in [9.17, 15) is 0 Å². The zero-order chi connectivity index (χ0) is 12.3. The van der Waals surface area contributed by atoms with Crippen LogP contribution in [0.2, 0.25) is 0 Å². The van der Waals surface area contributed by atoms with Gasteiger partial charge >= 0.3 is 0 Å². The van der Waals surface area contributed by atoms with Crippen LogP contribution in [-0.4, -0.2) is 15.6 Å². The summed E-state index contributed by atoms with van der Waals surface area (Å²) in [6.07, 6.45) is 3.27. The van der Waals surface area contributed by atoms with Gasteiger partial charge in [-0.1, -0.05) is 19.1 Å². The second-order valence-corrected chi connectivity index (χ2v) is 4.61. The number of imidazole rings is 1. The van der Waals surface area contributed by atoms with Crippen LogP contribution in [0.1, 0.15) is 32.0 Å². The lowest BCUT2D eigenvalue weighted by atomic mass is 10.1. The average molecular weight is 231 g/mol. The van der Waals surface area contributed by atoms with Crippen LogP contribution in [0.25, 0.3) is 11.0 Å². The summed E-state index contributed by atoms with van der Waals surface area (Å²) in [6, 6.07) is 8.64. The number of rotatable bonds is 5. The molecular weight excluding hydrogens is 210 g/mol. The Labute approximate surface area is 103 Å². The molecule has 0 aliphatic carbocycles. The summed E-state index contributed by atoms with van der Waals surface area (Å²) >= 11 is 0. The molecule has 1 aromatic heterocycles. The number of aromatic nitrogens is 2. The molecule has 3 heteroatoms. The number of nitrogens with zero attached hydrogens (tertiary/aromatic N) is 2. The molecule has 92 valence electrons. The molecule has 1 aromatic carbocycles. The summed E-state index contributed by atoms with van der Waals surface area (Å²) in [7, 11) is 0. The van der Waals surface area contributed by atoms with Crippen molar-refractivity contribution in [2.24, 2.45) is 5.73 Å². The van der Waals surface area contributed by atoms with E-state index in [1.165, 1.54) is 5.52 Å². The molecule has 2 aromatic rings. The molecule has 0 saturated carbocycles. The van der Waals surface area contributed by atoms with Gasteiger partial charge in [0, 0.05) is 12.6 Å². The molecule has 0 radical (unpaired) electrons. The Morgan fingerprint density at radius 2 is 2.12 bits per heavy atom. The monoisotopic (exact) mass is 231 g/mol. The van der Waals surface area contributed by atoms with Crippen molar-refractivity contribution < 1.29 is 0 Å². The summed E-state index contributed by atoms with van der Waals surface area (Å²) in [5, 5.41) is 0. The number of hydrogen-bond acceptors (Lipinski definition) is 2. The number of benzene rings is 1. The summed E-state index contributed by atoms with van der Waals surface area (Å²) < 4.78 is 2.29. The first-order valence-electron chi connectivity index (χ1n) is 6.39. The lowest BCUT2D eigenvalue weighted by Crippen LogP contribution is -2.19. The van der Waals surface area contributed by atoms with Crippen molar-refractivity contribution in [3.05, 3.63) is 30.1 Å². The minimum Gasteiger partial charge on any atom is -0.328 e. The van der Waals surface area contributed by atoms with Crippen LogP contribution < -0.4 is 5.73 Å². The van der Waals surface area contributed by atoms with Gasteiger partial charge < -0.3 is 10.3 Å². The molecular formula is C14H21N3. The third-order valence-corrected chi connectivity index (χ3v) is 3.33. The highest BCUT2D eigenvalue weighted by molar-refractivity contribution is 5.75. The summed E-state index contributed by atoms with van der Waals surface area (Å²) in [5.41, 5.74) is 8.26. The van der Waals surface area contributed by atoms with Crippen molar-refractivity contribution in [2.75, 3.05) is 0 Å². The minimum absolute atomic E-state index is 0.338. The smallest absolute Gasteiger partial charge is 0.106 e. The van der Waals surface area contributed by atoms with E-state index >= 15 is 0 Å². The fourth-order valence-corrected chi connectivity index (χ4v) is 2.19. The normalized spacial score (nSPS) is 13.1. The van der Waals surface area contributed by atoms with E-state index in [2.05, 4.69) is 41.6 Å². The molecule has 1 heterocycles. The molecule has 3 nitrogen and oxygen atoms in total. The Bertz CT molecular complexity index is 487. The van der Waals surface area contributed by atoms with Crippen LogP contribution >= 0.6 is 0 Å². The fourth-order valence-electron chi connectivity index (χ4n) is 2.19. The van der Waals surface area contributed by atoms with E-state index < -0.39 is 0 Å². The maximum atomic E-state index is 5.94. The molecule has 0 amide bonds. The summed E-state index contributed by atoms with van der Waals surface area (Å²) in [4.78, 5) is 4.56. The molecule has 1 atom stereocenters. The Kier molecular flexibility index (Phi) is 3.79. The minimum atomic E-state index is 0.338. The van der Waals surface area contributed by atoms with Gasteiger partial charge in [0.15, 0.2) is 0 Å². The van der Waals surface area contributed by atoms with Crippen LogP contribution in [0.5, 0.6) is 0 Å². The molecule has 0 bridgehead atoms. The van der Waals surface area contributed by atoms with Crippen LogP contribution in [0.4, 0.5) is 0 Å². The van der Waals surface area contributed by atoms with Crippen molar-refractivity contribution in [1.82, 2.24) is 9.55 Å². The van der Waals surface area contributed by atoms with Gasteiger partial charge in [0.05, 0.1) is 11.0 Å². The fraction of sp³-hybridized carbons (Fsp3) is 0.500. The first-order chi connectivity index (χ1) is 8.22. The average Bonchev–Trinajstić information content (AvgIpc) is 2.66. The van der Waals surface area contributed by atoms with Crippen LogP contribution in [0.3, 0.4) is 0 Å². The molecule has 0 saturated heterocycles. The second kappa shape index (κ2) is 5.32. The Morgan fingerprint density at radius 1 is 1.35 bits per heavy atom. The molecule has 0 aliphatic heterocycles. The van der Waals surface area contributed by atoms with E-state index in [4.69, 9.17) is 5.73 Å². The van der Waals surface area contributed by atoms with Gasteiger partial charge in [-0.2, -0.15) is 0 Å². The standard InChI is InChI=1S/C14H21N3/c1-3-12(15)7-6-10-17-11(2)16-13-8-4-5-9-14(13)17/h4-5,8-9,12H,3,6-7,10,15H2,1-2H3. The highest BCUT2D eigenvalue weighted by Crippen LogP contribution is 2.16. The number of nitrogens with two attached hydrogens (primary N) is 1. The zero-order valence-electron chi connectivity index (χ0n) is 10.7. The number of hydrogen-bond donors (Lipinski definition) is 1. The maximum absolute atomic E-state index is 5.94.